The summed E-state index contributed by atoms with van der Waals surface area (Å²) in [5.74, 6) is 0. The molecule has 114 valence electrons. The maximum Gasteiger partial charge on any atom is 0.0983 e. The Labute approximate surface area is 125 Å². The number of rotatable bonds is 8. The van der Waals surface area contributed by atoms with Gasteiger partial charge in [-0.05, 0) is 12.1 Å². The molecule has 0 aliphatic heterocycles. The Kier molecular flexibility index (Phi) is 5.86. The first-order chi connectivity index (χ1) is 10.2. The van der Waals surface area contributed by atoms with Crippen molar-refractivity contribution in [2.75, 3.05) is 33.4 Å². The van der Waals surface area contributed by atoms with Crippen LogP contribution in [0, 0.1) is 0 Å². The van der Waals surface area contributed by atoms with Gasteiger partial charge in [-0.25, -0.2) is 0 Å². The van der Waals surface area contributed by atoms with E-state index in [1.54, 1.807) is 13.3 Å². The summed E-state index contributed by atoms with van der Waals surface area (Å²) in [5, 5.41) is 13.7. The summed E-state index contributed by atoms with van der Waals surface area (Å²) in [6.45, 7) is 2.89. The summed E-state index contributed by atoms with van der Waals surface area (Å²) in [6.07, 6.45) is 5.58. The SMILES string of the molecule is COCCN(CCO)Cc1cn(C)nc1-c1cccnc1. The number of ether oxygens (including phenoxy) is 1. The number of aryl methyl sites for hydroxylation is 1. The molecule has 6 nitrogen and oxygen atoms in total. The van der Waals surface area contributed by atoms with E-state index in [0.717, 1.165) is 29.9 Å². The summed E-state index contributed by atoms with van der Waals surface area (Å²) in [5.41, 5.74) is 3.06. The van der Waals surface area contributed by atoms with Crippen LogP contribution >= 0.6 is 0 Å². The second-order valence-electron chi connectivity index (χ2n) is 4.91. The van der Waals surface area contributed by atoms with Gasteiger partial charge in [-0.3, -0.25) is 14.6 Å². The van der Waals surface area contributed by atoms with Crippen molar-refractivity contribution < 1.29 is 9.84 Å². The number of hydrogen-bond acceptors (Lipinski definition) is 5. The van der Waals surface area contributed by atoms with E-state index in [-0.39, 0.29) is 6.61 Å². The molecule has 21 heavy (non-hydrogen) atoms. The van der Waals surface area contributed by atoms with Crippen LogP contribution in [0.25, 0.3) is 11.3 Å². The number of aliphatic hydroxyl groups excluding tert-OH is 1. The Balaban J connectivity index is 2.19. The van der Waals surface area contributed by atoms with Crippen molar-refractivity contribution >= 4 is 0 Å². The Bertz CT molecular complexity index is 542. The standard InChI is InChI=1S/C15H22N4O2/c1-18-11-14(12-19(6-8-20)7-9-21-2)15(17-18)13-4-3-5-16-10-13/h3-5,10-11,20H,6-9,12H2,1-2H3. The molecule has 0 saturated carbocycles. The van der Waals surface area contributed by atoms with Crippen molar-refractivity contribution in [1.82, 2.24) is 19.7 Å². The molecule has 0 unspecified atom stereocenters. The third kappa shape index (κ3) is 4.35. The monoisotopic (exact) mass is 290 g/mol. The molecular weight excluding hydrogens is 268 g/mol. The van der Waals surface area contributed by atoms with Gasteiger partial charge in [0.1, 0.15) is 0 Å². The topological polar surface area (TPSA) is 63.4 Å². The van der Waals surface area contributed by atoms with Crippen LogP contribution < -0.4 is 0 Å². The molecule has 0 spiro atoms. The summed E-state index contributed by atoms with van der Waals surface area (Å²) >= 11 is 0. The van der Waals surface area contributed by atoms with Crippen LogP contribution in [-0.2, 0) is 18.3 Å². The molecule has 0 radical (unpaired) electrons. The fraction of sp³-hybridized carbons (Fsp3) is 0.467. The molecule has 1 N–H and O–H groups in total. The first-order valence-corrected chi connectivity index (χ1v) is 6.99. The maximum atomic E-state index is 9.19. The third-order valence-electron chi connectivity index (χ3n) is 3.26. The average molecular weight is 290 g/mol. The Morgan fingerprint density at radius 2 is 2.24 bits per heavy atom. The zero-order valence-corrected chi connectivity index (χ0v) is 12.6. The number of nitrogens with zero attached hydrogens (tertiary/aromatic N) is 4. The lowest BCUT2D eigenvalue weighted by Crippen LogP contribution is -2.29. The number of methoxy groups -OCH3 is 1. The van der Waals surface area contributed by atoms with E-state index in [2.05, 4.69) is 15.0 Å². The van der Waals surface area contributed by atoms with Crippen molar-refractivity contribution in [3.63, 3.8) is 0 Å². The van der Waals surface area contributed by atoms with Gasteiger partial charge in [0.05, 0.1) is 18.9 Å². The van der Waals surface area contributed by atoms with Gasteiger partial charge in [0.2, 0.25) is 0 Å². The fourth-order valence-electron chi connectivity index (χ4n) is 2.27. The Hall–Kier alpha value is -1.76. The minimum absolute atomic E-state index is 0.131. The predicted octanol–water partition coefficient (Wildman–Crippen LogP) is 0.923. The second kappa shape index (κ2) is 7.87. The largest absolute Gasteiger partial charge is 0.395 e. The third-order valence-corrected chi connectivity index (χ3v) is 3.26. The summed E-state index contributed by atoms with van der Waals surface area (Å²) < 4.78 is 6.93. The lowest BCUT2D eigenvalue weighted by Gasteiger charge is -2.20. The van der Waals surface area contributed by atoms with Crippen LogP contribution in [0.2, 0.25) is 0 Å². The van der Waals surface area contributed by atoms with Gasteiger partial charge in [0, 0.05) is 63.5 Å². The number of aromatic nitrogens is 3. The Morgan fingerprint density at radius 1 is 1.38 bits per heavy atom. The highest BCUT2D eigenvalue weighted by atomic mass is 16.5. The smallest absolute Gasteiger partial charge is 0.0983 e. The number of pyridine rings is 1. The second-order valence-corrected chi connectivity index (χ2v) is 4.91. The van der Waals surface area contributed by atoms with Crippen LogP contribution in [0.5, 0.6) is 0 Å². The van der Waals surface area contributed by atoms with E-state index < -0.39 is 0 Å². The normalized spacial score (nSPS) is 11.2. The van der Waals surface area contributed by atoms with E-state index in [9.17, 15) is 5.11 Å². The quantitative estimate of drug-likeness (QED) is 0.783. The number of hydrogen-bond donors (Lipinski definition) is 1. The average Bonchev–Trinajstić information content (AvgIpc) is 2.86. The van der Waals surface area contributed by atoms with E-state index in [4.69, 9.17) is 4.74 Å². The highest BCUT2D eigenvalue weighted by molar-refractivity contribution is 5.61. The molecule has 0 aromatic carbocycles. The summed E-state index contributed by atoms with van der Waals surface area (Å²) in [4.78, 5) is 6.31. The van der Waals surface area contributed by atoms with E-state index in [0.29, 0.717) is 13.2 Å². The Morgan fingerprint density at radius 3 is 2.90 bits per heavy atom. The van der Waals surface area contributed by atoms with Crippen LogP contribution in [0.3, 0.4) is 0 Å². The van der Waals surface area contributed by atoms with Crippen LogP contribution in [0.4, 0.5) is 0 Å². The van der Waals surface area contributed by atoms with Crippen molar-refractivity contribution in [1.29, 1.82) is 0 Å². The summed E-state index contributed by atoms with van der Waals surface area (Å²) in [6, 6.07) is 3.91. The van der Waals surface area contributed by atoms with Crippen molar-refractivity contribution in [3.05, 3.63) is 36.3 Å². The molecule has 0 saturated heterocycles. The van der Waals surface area contributed by atoms with E-state index in [1.807, 2.05) is 36.3 Å². The zero-order valence-electron chi connectivity index (χ0n) is 12.6. The molecule has 0 amide bonds. The first-order valence-electron chi connectivity index (χ1n) is 6.99. The predicted molar refractivity (Wildman–Crippen MR) is 80.7 cm³/mol. The van der Waals surface area contributed by atoms with Gasteiger partial charge >= 0.3 is 0 Å². The van der Waals surface area contributed by atoms with Gasteiger partial charge in [-0.15, -0.1) is 0 Å². The van der Waals surface area contributed by atoms with Gasteiger partial charge in [0.25, 0.3) is 0 Å². The van der Waals surface area contributed by atoms with Crippen molar-refractivity contribution in [2.45, 2.75) is 6.54 Å². The fourth-order valence-corrected chi connectivity index (χ4v) is 2.27. The molecule has 2 aromatic heterocycles. The lowest BCUT2D eigenvalue weighted by molar-refractivity contribution is 0.127. The molecule has 0 atom stereocenters. The molecule has 0 bridgehead atoms. The van der Waals surface area contributed by atoms with Gasteiger partial charge in [-0.1, -0.05) is 0 Å². The molecule has 0 aliphatic rings. The first kappa shape index (κ1) is 15.6. The van der Waals surface area contributed by atoms with Crippen LogP contribution in [0.15, 0.2) is 30.7 Å². The van der Waals surface area contributed by atoms with E-state index in [1.165, 1.54) is 0 Å². The molecule has 2 aromatic rings. The van der Waals surface area contributed by atoms with Crippen LogP contribution in [-0.4, -0.2) is 58.2 Å². The summed E-state index contributed by atoms with van der Waals surface area (Å²) in [7, 11) is 3.59. The minimum Gasteiger partial charge on any atom is -0.395 e. The molecule has 0 aliphatic carbocycles. The number of aliphatic hydroxyl groups is 1. The van der Waals surface area contributed by atoms with Gasteiger partial charge < -0.3 is 9.84 Å². The molecule has 2 heterocycles. The molecule has 6 heteroatoms. The minimum atomic E-state index is 0.131. The van der Waals surface area contributed by atoms with Gasteiger partial charge in [0.15, 0.2) is 0 Å². The van der Waals surface area contributed by atoms with Crippen molar-refractivity contribution in [3.8, 4) is 11.3 Å². The highest BCUT2D eigenvalue weighted by Gasteiger charge is 2.14. The van der Waals surface area contributed by atoms with E-state index >= 15 is 0 Å². The molecule has 2 rings (SSSR count). The lowest BCUT2D eigenvalue weighted by atomic mass is 10.1. The maximum absolute atomic E-state index is 9.19. The zero-order chi connectivity index (χ0) is 15.1. The molecule has 0 fully saturated rings. The van der Waals surface area contributed by atoms with Gasteiger partial charge in [-0.2, -0.15) is 5.10 Å². The van der Waals surface area contributed by atoms with Crippen molar-refractivity contribution in [2.24, 2.45) is 7.05 Å². The van der Waals surface area contributed by atoms with Crippen LogP contribution in [0.1, 0.15) is 5.56 Å². The highest BCUT2D eigenvalue weighted by Crippen LogP contribution is 2.22. The molecular formula is C15H22N4O2.